The van der Waals surface area contributed by atoms with E-state index in [0.717, 1.165) is 12.8 Å². The van der Waals surface area contributed by atoms with Crippen molar-refractivity contribution in [2.75, 3.05) is 6.26 Å². The van der Waals surface area contributed by atoms with E-state index in [1.54, 1.807) is 0 Å². The Morgan fingerprint density at radius 1 is 1.44 bits per heavy atom. The normalized spacial score (nSPS) is 12.1. The standard InChI is InChI=1S/C13H16OS2/c1-3-12(16-13(14)15-2)10-9-11-7-5-4-6-8-11/h3-8,12H,1,9-10H2,2H3. The fraction of sp³-hybridized carbons (Fsp3) is 0.308. The summed E-state index contributed by atoms with van der Waals surface area (Å²) in [4.78, 5) is 11.3. The van der Waals surface area contributed by atoms with Gasteiger partial charge in [0.2, 0.25) is 4.45 Å². The molecule has 0 saturated carbocycles. The Morgan fingerprint density at radius 2 is 2.12 bits per heavy atom. The van der Waals surface area contributed by atoms with Gasteiger partial charge in [0.1, 0.15) is 0 Å². The molecule has 0 aromatic heterocycles. The van der Waals surface area contributed by atoms with Crippen molar-refractivity contribution in [3.05, 3.63) is 48.6 Å². The van der Waals surface area contributed by atoms with Gasteiger partial charge in [-0.3, -0.25) is 4.79 Å². The zero-order valence-corrected chi connectivity index (χ0v) is 11.0. The van der Waals surface area contributed by atoms with Gasteiger partial charge >= 0.3 is 0 Å². The van der Waals surface area contributed by atoms with Crippen molar-refractivity contribution in [3.8, 4) is 0 Å². The van der Waals surface area contributed by atoms with E-state index in [9.17, 15) is 4.79 Å². The van der Waals surface area contributed by atoms with Crippen LogP contribution < -0.4 is 0 Å². The molecule has 0 saturated heterocycles. The Labute approximate surface area is 106 Å². The molecule has 0 fully saturated rings. The van der Waals surface area contributed by atoms with Crippen molar-refractivity contribution in [3.63, 3.8) is 0 Å². The lowest BCUT2D eigenvalue weighted by atomic mass is 10.1. The lowest BCUT2D eigenvalue weighted by Gasteiger charge is -2.09. The molecule has 1 unspecified atom stereocenters. The molecule has 0 amide bonds. The van der Waals surface area contributed by atoms with Crippen LogP contribution in [0.4, 0.5) is 4.79 Å². The second kappa shape index (κ2) is 7.58. The van der Waals surface area contributed by atoms with Crippen LogP contribution in [0, 0.1) is 0 Å². The van der Waals surface area contributed by atoms with E-state index in [0.29, 0.717) is 0 Å². The quantitative estimate of drug-likeness (QED) is 0.723. The third kappa shape index (κ3) is 4.90. The van der Waals surface area contributed by atoms with Gasteiger partial charge in [0.05, 0.1) is 0 Å². The molecule has 0 N–H and O–H groups in total. The van der Waals surface area contributed by atoms with Crippen LogP contribution in [-0.4, -0.2) is 16.0 Å². The SMILES string of the molecule is C=CC(CCc1ccccc1)SC(=O)SC. The van der Waals surface area contributed by atoms with Gasteiger partial charge in [-0.05, 0) is 24.7 Å². The number of thioether (sulfide) groups is 2. The summed E-state index contributed by atoms with van der Waals surface area (Å²) >= 11 is 2.64. The summed E-state index contributed by atoms with van der Waals surface area (Å²) in [5, 5.41) is 0.222. The molecular formula is C13H16OS2. The topological polar surface area (TPSA) is 17.1 Å². The highest BCUT2D eigenvalue weighted by Gasteiger charge is 2.10. The fourth-order valence-corrected chi connectivity index (χ4v) is 2.69. The van der Waals surface area contributed by atoms with Crippen LogP contribution in [0.5, 0.6) is 0 Å². The van der Waals surface area contributed by atoms with Crippen LogP contribution in [0.1, 0.15) is 12.0 Å². The summed E-state index contributed by atoms with van der Waals surface area (Å²) in [6.45, 7) is 3.78. The third-order valence-corrected chi connectivity index (χ3v) is 4.28. The molecule has 0 bridgehead atoms. The van der Waals surface area contributed by atoms with Crippen molar-refractivity contribution < 1.29 is 4.79 Å². The average molecular weight is 252 g/mol. The highest BCUT2D eigenvalue weighted by atomic mass is 32.2. The Balaban J connectivity index is 2.40. The first-order valence-electron chi connectivity index (χ1n) is 5.17. The molecule has 16 heavy (non-hydrogen) atoms. The summed E-state index contributed by atoms with van der Waals surface area (Å²) in [7, 11) is 0. The van der Waals surface area contributed by atoms with E-state index in [-0.39, 0.29) is 9.70 Å². The van der Waals surface area contributed by atoms with E-state index in [4.69, 9.17) is 0 Å². The zero-order valence-electron chi connectivity index (χ0n) is 9.39. The van der Waals surface area contributed by atoms with Gasteiger partial charge in [-0.1, -0.05) is 59.9 Å². The maximum Gasteiger partial charge on any atom is 0.246 e. The Bertz CT molecular complexity index is 335. The molecule has 1 rings (SSSR count). The lowest BCUT2D eigenvalue weighted by molar-refractivity contribution is 0.276. The maximum absolute atomic E-state index is 11.3. The van der Waals surface area contributed by atoms with Crippen LogP contribution in [0.25, 0.3) is 0 Å². The van der Waals surface area contributed by atoms with Crippen LogP contribution in [0.2, 0.25) is 0 Å². The van der Waals surface area contributed by atoms with Crippen molar-refractivity contribution in [2.24, 2.45) is 0 Å². The zero-order chi connectivity index (χ0) is 11.8. The molecule has 1 atom stereocenters. The first-order valence-corrected chi connectivity index (χ1v) is 7.27. The number of carbonyl (C=O) groups excluding carboxylic acids is 1. The number of hydrogen-bond donors (Lipinski definition) is 0. The molecule has 1 aromatic carbocycles. The minimum Gasteiger partial charge on any atom is -0.274 e. The van der Waals surface area contributed by atoms with Crippen molar-refractivity contribution in [1.82, 2.24) is 0 Å². The Kier molecular flexibility index (Phi) is 6.34. The first kappa shape index (κ1) is 13.4. The predicted octanol–water partition coefficient (Wildman–Crippen LogP) is 4.39. The maximum atomic E-state index is 11.3. The Hall–Kier alpha value is -0.670. The molecule has 0 spiro atoms. The average Bonchev–Trinajstić information content (AvgIpc) is 2.35. The number of rotatable bonds is 5. The van der Waals surface area contributed by atoms with Crippen molar-refractivity contribution in [1.29, 1.82) is 0 Å². The number of aryl methyl sites for hydroxylation is 1. The molecule has 0 heterocycles. The second-order valence-corrected chi connectivity index (χ2v) is 5.62. The Morgan fingerprint density at radius 3 is 2.69 bits per heavy atom. The highest BCUT2D eigenvalue weighted by Crippen LogP contribution is 2.24. The van der Waals surface area contributed by atoms with Gasteiger partial charge in [0.25, 0.3) is 0 Å². The van der Waals surface area contributed by atoms with E-state index < -0.39 is 0 Å². The van der Waals surface area contributed by atoms with Crippen LogP contribution in [0.3, 0.4) is 0 Å². The summed E-state index contributed by atoms with van der Waals surface area (Å²) in [6.07, 6.45) is 5.63. The molecule has 3 heteroatoms. The van der Waals surface area contributed by atoms with E-state index in [1.807, 2.05) is 30.5 Å². The van der Waals surface area contributed by atoms with E-state index in [2.05, 4.69) is 18.7 Å². The summed E-state index contributed by atoms with van der Waals surface area (Å²) in [5.41, 5.74) is 1.31. The highest BCUT2D eigenvalue weighted by molar-refractivity contribution is 8.38. The molecule has 0 aliphatic rings. The lowest BCUT2D eigenvalue weighted by Crippen LogP contribution is -2.02. The molecule has 0 aliphatic heterocycles. The fourth-order valence-electron chi connectivity index (χ4n) is 1.35. The molecule has 1 aromatic rings. The van der Waals surface area contributed by atoms with E-state index >= 15 is 0 Å². The van der Waals surface area contributed by atoms with Crippen LogP contribution in [-0.2, 0) is 6.42 Å². The van der Waals surface area contributed by atoms with Crippen molar-refractivity contribution in [2.45, 2.75) is 18.1 Å². The molecule has 1 nitrogen and oxygen atoms in total. The van der Waals surface area contributed by atoms with Crippen LogP contribution >= 0.6 is 23.5 Å². The van der Waals surface area contributed by atoms with Gasteiger partial charge in [0, 0.05) is 5.25 Å². The van der Waals surface area contributed by atoms with Crippen molar-refractivity contribution >= 4 is 28.0 Å². The number of hydrogen-bond acceptors (Lipinski definition) is 3. The third-order valence-electron chi connectivity index (χ3n) is 2.24. The molecular weight excluding hydrogens is 236 g/mol. The van der Waals surface area contributed by atoms with Gasteiger partial charge in [-0.2, -0.15) is 0 Å². The van der Waals surface area contributed by atoms with Gasteiger partial charge in [-0.15, -0.1) is 6.58 Å². The van der Waals surface area contributed by atoms with Gasteiger partial charge in [0.15, 0.2) is 0 Å². The monoisotopic (exact) mass is 252 g/mol. The van der Waals surface area contributed by atoms with Gasteiger partial charge in [-0.25, -0.2) is 0 Å². The molecule has 0 radical (unpaired) electrons. The number of carbonyl (C=O) groups is 1. The predicted molar refractivity (Wildman–Crippen MR) is 75.3 cm³/mol. The smallest absolute Gasteiger partial charge is 0.246 e. The first-order chi connectivity index (χ1) is 7.76. The largest absolute Gasteiger partial charge is 0.274 e. The second-order valence-electron chi connectivity index (χ2n) is 3.37. The number of benzene rings is 1. The summed E-state index contributed by atoms with van der Waals surface area (Å²) in [6, 6.07) is 10.3. The molecule has 86 valence electrons. The molecule has 0 aliphatic carbocycles. The summed E-state index contributed by atoms with van der Waals surface area (Å²) in [5.74, 6) is 0. The minimum atomic E-state index is 0.165. The summed E-state index contributed by atoms with van der Waals surface area (Å²) < 4.78 is 0.165. The minimum absolute atomic E-state index is 0.165. The van der Waals surface area contributed by atoms with Crippen LogP contribution in [0.15, 0.2) is 43.0 Å². The van der Waals surface area contributed by atoms with Gasteiger partial charge < -0.3 is 0 Å². The van der Waals surface area contributed by atoms with E-state index in [1.165, 1.54) is 29.1 Å².